The number of methoxy groups -OCH3 is 1. The number of benzene rings is 1. The predicted octanol–water partition coefficient (Wildman–Crippen LogP) is 3.19. The van der Waals surface area contributed by atoms with Crippen molar-refractivity contribution in [1.29, 1.82) is 0 Å². The fourth-order valence-corrected chi connectivity index (χ4v) is 4.39. The second kappa shape index (κ2) is 6.63. The second-order valence-corrected chi connectivity index (χ2v) is 7.47. The highest BCUT2D eigenvalue weighted by molar-refractivity contribution is 6.42. The summed E-state index contributed by atoms with van der Waals surface area (Å²) in [6.45, 7) is 1.84. The largest absolute Gasteiger partial charge is 0.508 e. The van der Waals surface area contributed by atoms with Gasteiger partial charge in [0.05, 0.1) is 17.2 Å². The Morgan fingerprint density at radius 1 is 1.27 bits per heavy atom. The van der Waals surface area contributed by atoms with Crippen LogP contribution >= 0.6 is 23.2 Å². The Balaban J connectivity index is 1.57. The van der Waals surface area contributed by atoms with Crippen molar-refractivity contribution >= 4 is 29.3 Å². The Kier molecular flexibility index (Phi) is 4.44. The molecular formula is C17H18Cl2N4O3. The van der Waals surface area contributed by atoms with Crippen LogP contribution in [0.3, 0.4) is 0 Å². The van der Waals surface area contributed by atoms with Gasteiger partial charge in [0.2, 0.25) is 0 Å². The summed E-state index contributed by atoms with van der Waals surface area (Å²) >= 11 is 12.4. The number of phenolic OH excluding ortho intramolecular Hbond substituents is 1. The van der Waals surface area contributed by atoms with Gasteiger partial charge < -0.3 is 19.3 Å². The van der Waals surface area contributed by atoms with Gasteiger partial charge in [-0.2, -0.15) is 0 Å². The Bertz CT molecular complexity index is 870. The zero-order chi connectivity index (χ0) is 18.4. The molecule has 1 amide bonds. The summed E-state index contributed by atoms with van der Waals surface area (Å²) in [6.07, 6.45) is 1.14. The van der Waals surface area contributed by atoms with Crippen LogP contribution in [-0.4, -0.2) is 51.1 Å². The van der Waals surface area contributed by atoms with E-state index in [-0.39, 0.29) is 23.7 Å². The zero-order valence-electron chi connectivity index (χ0n) is 14.2. The molecule has 0 aliphatic carbocycles. The summed E-state index contributed by atoms with van der Waals surface area (Å²) in [4.78, 5) is 13.4. The van der Waals surface area contributed by atoms with Crippen LogP contribution in [-0.2, 0) is 17.7 Å². The third-order valence-corrected chi connectivity index (χ3v) is 6.01. The number of carbonyl (C=O) groups is 1. The molecule has 2 aliphatic rings. The Morgan fingerprint density at radius 3 is 2.85 bits per heavy atom. The highest BCUT2D eigenvalue weighted by Crippen LogP contribution is 2.42. The van der Waals surface area contributed by atoms with Crippen molar-refractivity contribution < 1.29 is 14.6 Å². The molecule has 7 nitrogen and oxygen atoms in total. The summed E-state index contributed by atoms with van der Waals surface area (Å²) in [5.74, 6) is 1.98. The molecule has 1 aromatic heterocycles. The number of hydrogen-bond acceptors (Lipinski definition) is 5. The van der Waals surface area contributed by atoms with E-state index in [0.717, 1.165) is 18.1 Å². The predicted molar refractivity (Wildman–Crippen MR) is 95.9 cm³/mol. The SMILES string of the molecule is COC(=O)N1CC[C@H](c2nnc3n2C[C@H](c2c(O)ccc(Cl)c2Cl)C3)C1. The van der Waals surface area contributed by atoms with Crippen molar-refractivity contribution in [3.05, 3.63) is 39.4 Å². The van der Waals surface area contributed by atoms with Gasteiger partial charge in [-0.3, -0.25) is 0 Å². The Labute approximate surface area is 160 Å². The van der Waals surface area contributed by atoms with Crippen molar-refractivity contribution in [3.63, 3.8) is 0 Å². The lowest BCUT2D eigenvalue weighted by molar-refractivity contribution is 0.132. The highest BCUT2D eigenvalue weighted by Gasteiger charge is 2.36. The standard InChI is InChI=1S/C17H18Cl2N4O3/c1-26-17(25)22-5-4-9(7-22)16-21-20-13-6-10(8-23(13)16)14-12(24)3-2-11(18)15(14)19/h2-3,9-10,24H,4-8H2,1H3/t9-,10+/m0/s1. The number of fused-ring (bicyclic) bond motifs is 1. The molecule has 9 heteroatoms. The molecule has 2 atom stereocenters. The maximum absolute atomic E-state index is 11.7. The smallest absolute Gasteiger partial charge is 0.409 e. The first kappa shape index (κ1) is 17.4. The van der Waals surface area contributed by atoms with Crippen LogP contribution in [0.25, 0.3) is 0 Å². The molecule has 0 spiro atoms. The minimum atomic E-state index is -0.317. The van der Waals surface area contributed by atoms with Crippen molar-refractivity contribution in [2.75, 3.05) is 20.2 Å². The molecule has 4 rings (SSSR count). The van der Waals surface area contributed by atoms with E-state index in [1.807, 2.05) is 0 Å². The van der Waals surface area contributed by atoms with Crippen LogP contribution in [0, 0.1) is 0 Å². The number of likely N-dealkylation sites (tertiary alicyclic amines) is 1. The fourth-order valence-electron chi connectivity index (χ4n) is 3.91. The van der Waals surface area contributed by atoms with Crippen molar-refractivity contribution in [3.8, 4) is 5.75 Å². The van der Waals surface area contributed by atoms with E-state index in [4.69, 9.17) is 27.9 Å². The van der Waals surface area contributed by atoms with Crippen molar-refractivity contribution in [1.82, 2.24) is 19.7 Å². The summed E-state index contributed by atoms with van der Waals surface area (Å²) in [5.41, 5.74) is 0.651. The Morgan fingerprint density at radius 2 is 2.08 bits per heavy atom. The summed E-state index contributed by atoms with van der Waals surface area (Å²) in [7, 11) is 1.39. The quantitative estimate of drug-likeness (QED) is 0.842. The maximum Gasteiger partial charge on any atom is 0.409 e. The van der Waals surface area contributed by atoms with Crippen molar-refractivity contribution in [2.45, 2.75) is 31.2 Å². The lowest BCUT2D eigenvalue weighted by Crippen LogP contribution is -2.28. The summed E-state index contributed by atoms with van der Waals surface area (Å²) < 4.78 is 6.87. The zero-order valence-corrected chi connectivity index (χ0v) is 15.7. The average Bonchev–Trinajstić information content (AvgIpc) is 3.33. The molecule has 1 N–H and O–H groups in total. The number of halogens is 2. The van der Waals surface area contributed by atoms with Gasteiger partial charge in [-0.1, -0.05) is 23.2 Å². The van der Waals surface area contributed by atoms with Crippen molar-refractivity contribution in [2.24, 2.45) is 0 Å². The monoisotopic (exact) mass is 396 g/mol. The summed E-state index contributed by atoms with van der Waals surface area (Å²) in [6, 6.07) is 3.15. The van der Waals surface area contributed by atoms with E-state index in [9.17, 15) is 9.90 Å². The second-order valence-electron chi connectivity index (χ2n) is 6.68. The van der Waals surface area contributed by atoms with E-state index < -0.39 is 0 Å². The number of aromatic nitrogens is 3. The molecule has 2 aromatic rings. The number of rotatable bonds is 2. The van der Waals surface area contributed by atoms with E-state index in [1.54, 1.807) is 17.0 Å². The van der Waals surface area contributed by atoms with Gasteiger partial charge in [0.25, 0.3) is 0 Å². The minimum Gasteiger partial charge on any atom is -0.508 e. The molecular weight excluding hydrogens is 379 g/mol. The van der Waals surface area contributed by atoms with E-state index in [2.05, 4.69) is 14.8 Å². The molecule has 1 aromatic carbocycles. The van der Waals surface area contributed by atoms with Gasteiger partial charge in [0.15, 0.2) is 0 Å². The van der Waals surface area contributed by atoms with E-state index >= 15 is 0 Å². The molecule has 0 radical (unpaired) electrons. The molecule has 1 fully saturated rings. The van der Waals surface area contributed by atoms with Gasteiger partial charge in [-0.05, 0) is 18.6 Å². The van der Waals surface area contributed by atoms with Gasteiger partial charge in [-0.15, -0.1) is 10.2 Å². The third kappa shape index (κ3) is 2.79. The van der Waals surface area contributed by atoms with Crippen LogP contribution in [0.2, 0.25) is 10.0 Å². The molecule has 0 bridgehead atoms. The third-order valence-electron chi connectivity index (χ3n) is 5.19. The molecule has 3 heterocycles. The summed E-state index contributed by atoms with van der Waals surface area (Å²) in [5, 5.41) is 19.7. The molecule has 138 valence electrons. The number of amides is 1. The van der Waals surface area contributed by atoms with Gasteiger partial charge in [-0.25, -0.2) is 4.79 Å². The van der Waals surface area contributed by atoms with Crippen LogP contribution < -0.4 is 0 Å². The first-order chi connectivity index (χ1) is 12.5. The Hall–Kier alpha value is -1.99. The lowest BCUT2D eigenvalue weighted by atomic mass is 9.96. The minimum absolute atomic E-state index is 0.0106. The number of hydrogen-bond donors (Lipinski definition) is 1. The lowest BCUT2D eigenvalue weighted by Gasteiger charge is -2.16. The van der Waals surface area contributed by atoms with E-state index in [1.165, 1.54) is 7.11 Å². The number of nitrogens with zero attached hydrogens (tertiary/aromatic N) is 4. The van der Waals surface area contributed by atoms with Crippen LogP contribution in [0.4, 0.5) is 4.79 Å². The van der Waals surface area contributed by atoms with Crippen LogP contribution in [0.1, 0.15) is 35.5 Å². The van der Waals surface area contributed by atoms with Crippen LogP contribution in [0.15, 0.2) is 12.1 Å². The highest BCUT2D eigenvalue weighted by atomic mass is 35.5. The normalized spacial score (nSPS) is 21.9. The van der Waals surface area contributed by atoms with Gasteiger partial charge in [0, 0.05) is 43.5 Å². The number of phenols is 1. The van der Waals surface area contributed by atoms with E-state index in [0.29, 0.717) is 41.7 Å². The molecule has 0 unspecified atom stereocenters. The number of carbonyl (C=O) groups excluding carboxylic acids is 1. The number of aromatic hydroxyl groups is 1. The molecule has 0 saturated carbocycles. The fraction of sp³-hybridized carbons (Fsp3) is 0.471. The van der Waals surface area contributed by atoms with Gasteiger partial charge in [0.1, 0.15) is 17.4 Å². The molecule has 2 aliphatic heterocycles. The molecule has 1 saturated heterocycles. The maximum atomic E-state index is 11.7. The van der Waals surface area contributed by atoms with Gasteiger partial charge >= 0.3 is 6.09 Å². The number of ether oxygens (including phenoxy) is 1. The average molecular weight is 397 g/mol. The topological polar surface area (TPSA) is 80.5 Å². The first-order valence-corrected chi connectivity index (χ1v) is 9.17. The van der Waals surface area contributed by atoms with Crippen LogP contribution in [0.5, 0.6) is 5.75 Å². The first-order valence-electron chi connectivity index (χ1n) is 8.41. The molecule has 26 heavy (non-hydrogen) atoms.